The maximum absolute atomic E-state index is 10.9. The number of nitrogens with one attached hydrogen (secondary N) is 1. The zero-order chi connectivity index (χ0) is 11.4. The lowest BCUT2D eigenvalue weighted by Crippen LogP contribution is -2.45. The van der Waals surface area contributed by atoms with Crippen LogP contribution in [0.4, 0.5) is 0 Å². The van der Waals surface area contributed by atoms with Crippen molar-refractivity contribution < 1.29 is 27.3 Å². The standard InChI is InChI=1S/C6H11NO6S/c1-4(8)7-5(6(9)13-2)3-14(10,11)12/h5H,3H2,1-2H3,(H,7,8)(H,10,11,12)/t5-/m0/s1. The maximum Gasteiger partial charge on any atom is 0.329 e. The fraction of sp³-hybridized carbons (Fsp3) is 0.667. The first-order valence-corrected chi connectivity index (χ1v) is 5.17. The van der Waals surface area contributed by atoms with E-state index in [2.05, 4.69) is 4.74 Å². The molecule has 0 bridgehead atoms. The third kappa shape index (κ3) is 5.49. The summed E-state index contributed by atoms with van der Waals surface area (Å²) in [5.41, 5.74) is 0. The van der Waals surface area contributed by atoms with E-state index in [0.717, 1.165) is 14.0 Å². The molecule has 82 valence electrons. The first-order valence-electron chi connectivity index (χ1n) is 3.56. The Morgan fingerprint density at radius 1 is 1.50 bits per heavy atom. The number of hydrogen-bond acceptors (Lipinski definition) is 5. The molecule has 0 fully saturated rings. The zero-order valence-electron chi connectivity index (χ0n) is 7.68. The van der Waals surface area contributed by atoms with E-state index in [1.165, 1.54) is 0 Å². The van der Waals surface area contributed by atoms with Crippen LogP contribution < -0.4 is 5.32 Å². The summed E-state index contributed by atoms with van der Waals surface area (Å²) in [6, 6.07) is -1.38. The van der Waals surface area contributed by atoms with Crippen LogP contribution in [0.25, 0.3) is 0 Å². The van der Waals surface area contributed by atoms with Crippen LogP contribution >= 0.6 is 0 Å². The molecule has 0 aromatic carbocycles. The van der Waals surface area contributed by atoms with Crippen LogP contribution in [0.3, 0.4) is 0 Å². The molecule has 1 amide bonds. The molecule has 0 saturated heterocycles. The molecule has 2 N–H and O–H groups in total. The van der Waals surface area contributed by atoms with Gasteiger partial charge in [-0.3, -0.25) is 9.35 Å². The molecule has 0 radical (unpaired) electrons. The van der Waals surface area contributed by atoms with E-state index < -0.39 is 33.8 Å². The number of esters is 1. The summed E-state index contributed by atoms with van der Waals surface area (Å²) in [5, 5.41) is 2.03. The van der Waals surface area contributed by atoms with Crippen molar-refractivity contribution in [2.75, 3.05) is 12.9 Å². The molecule has 0 aromatic heterocycles. The average molecular weight is 225 g/mol. The maximum atomic E-state index is 10.9. The van der Waals surface area contributed by atoms with Crippen LogP contribution in [0, 0.1) is 0 Å². The summed E-state index contributed by atoms with van der Waals surface area (Å²) >= 11 is 0. The second-order valence-corrected chi connectivity index (χ2v) is 4.02. The second kappa shape index (κ2) is 4.91. The fourth-order valence-electron chi connectivity index (χ4n) is 0.767. The lowest BCUT2D eigenvalue weighted by Gasteiger charge is -2.13. The van der Waals surface area contributed by atoms with Gasteiger partial charge in [-0.1, -0.05) is 0 Å². The molecule has 0 aliphatic heterocycles. The molecule has 0 saturated carbocycles. The van der Waals surface area contributed by atoms with Crippen molar-refractivity contribution in [3.63, 3.8) is 0 Å². The van der Waals surface area contributed by atoms with Crippen molar-refractivity contribution in [2.45, 2.75) is 13.0 Å². The van der Waals surface area contributed by atoms with E-state index in [4.69, 9.17) is 4.55 Å². The molecule has 0 aliphatic rings. The molecule has 0 spiro atoms. The molecule has 8 heteroatoms. The molecular weight excluding hydrogens is 214 g/mol. The first-order chi connectivity index (χ1) is 6.26. The molecular formula is C6H11NO6S. The van der Waals surface area contributed by atoms with Crippen LogP contribution in [-0.2, 0) is 24.4 Å². The van der Waals surface area contributed by atoms with Gasteiger partial charge in [0.2, 0.25) is 5.91 Å². The third-order valence-corrected chi connectivity index (χ3v) is 2.00. The number of hydrogen-bond donors (Lipinski definition) is 2. The Hall–Kier alpha value is -1.15. The summed E-state index contributed by atoms with van der Waals surface area (Å²) in [5.74, 6) is -2.43. The molecule has 0 aliphatic carbocycles. The number of ether oxygens (including phenoxy) is 1. The van der Waals surface area contributed by atoms with Crippen molar-refractivity contribution in [3.05, 3.63) is 0 Å². The van der Waals surface area contributed by atoms with Crippen LogP contribution in [0.15, 0.2) is 0 Å². The number of carbonyl (C=O) groups is 2. The van der Waals surface area contributed by atoms with E-state index in [-0.39, 0.29) is 0 Å². The highest BCUT2D eigenvalue weighted by atomic mass is 32.2. The summed E-state index contributed by atoms with van der Waals surface area (Å²) in [6.07, 6.45) is 0. The van der Waals surface area contributed by atoms with Crippen molar-refractivity contribution >= 4 is 22.0 Å². The Labute approximate surface area is 81.2 Å². The van der Waals surface area contributed by atoms with Gasteiger partial charge in [0.05, 0.1) is 7.11 Å². The number of carbonyl (C=O) groups excluding carboxylic acids is 2. The molecule has 7 nitrogen and oxygen atoms in total. The van der Waals surface area contributed by atoms with Gasteiger partial charge >= 0.3 is 5.97 Å². The van der Waals surface area contributed by atoms with Crippen molar-refractivity contribution in [1.82, 2.24) is 5.32 Å². The van der Waals surface area contributed by atoms with Crippen molar-refractivity contribution in [1.29, 1.82) is 0 Å². The van der Waals surface area contributed by atoms with Gasteiger partial charge in [0, 0.05) is 6.92 Å². The lowest BCUT2D eigenvalue weighted by atomic mass is 10.3. The van der Waals surface area contributed by atoms with E-state index in [9.17, 15) is 18.0 Å². The minimum absolute atomic E-state index is 0.593. The Bertz CT molecular complexity index is 321. The smallest absolute Gasteiger partial charge is 0.329 e. The number of rotatable bonds is 4. The van der Waals surface area contributed by atoms with E-state index >= 15 is 0 Å². The normalized spacial score (nSPS) is 13.1. The van der Waals surface area contributed by atoms with Gasteiger partial charge in [-0.2, -0.15) is 8.42 Å². The Kier molecular flexibility index (Phi) is 4.51. The second-order valence-electron chi connectivity index (χ2n) is 2.52. The molecule has 1 atom stereocenters. The summed E-state index contributed by atoms with van der Waals surface area (Å²) < 4.78 is 33.6. The Balaban J connectivity index is 4.56. The third-order valence-electron chi connectivity index (χ3n) is 1.24. The first kappa shape index (κ1) is 12.8. The van der Waals surface area contributed by atoms with Crippen molar-refractivity contribution in [2.24, 2.45) is 0 Å². The number of methoxy groups -OCH3 is 1. The van der Waals surface area contributed by atoms with E-state index in [1.807, 2.05) is 5.32 Å². The molecule has 0 aromatic rings. The van der Waals surface area contributed by atoms with Gasteiger partial charge in [0.1, 0.15) is 11.8 Å². The number of amides is 1. The van der Waals surface area contributed by atoms with Crippen LogP contribution in [0.5, 0.6) is 0 Å². The SMILES string of the molecule is COC(=O)[C@H](CS(=O)(=O)O)NC(C)=O. The van der Waals surface area contributed by atoms with Crippen LogP contribution in [-0.4, -0.2) is 43.8 Å². The molecule has 0 unspecified atom stereocenters. The predicted octanol–water partition coefficient (Wildman–Crippen LogP) is -1.45. The van der Waals surface area contributed by atoms with Crippen molar-refractivity contribution in [3.8, 4) is 0 Å². The van der Waals surface area contributed by atoms with Gasteiger partial charge in [0.25, 0.3) is 10.1 Å². The van der Waals surface area contributed by atoms with Gasteiger partial charge in [0.15, 0.2) is 0 Å². The quantitative estimate of drug-likeness (QED) is 0.447. The summed E-state index contributed by atoms with van der Waals surface area (Å²) in [7, 11) is -3.30. The highest BCUT2D eigenvalue weighted by Gasteiger charge is 2.25. The minimum Gasteiger partial charge on any atom is -0.467 e. The van der Waals surface area contributed by atoms with Gasteiger partial charge in [-0.05, 0) is 0 Å². The topological polar surface area (TPSA) is 110 Å². The molecule has 0 heterocycles. The average Bonchev–Trinajstić information content (AvgIpc) is 1.98. The van der Waals surface area contributed by atoms with Gasteiger partial charge < -0.3 is 10.1 Å². The van der Waals surface area contributed by atoms with Crippen LogP contribution in [0.2, 0.25) is 0 Å². The lowest BCUT2D eigenvalue weighted by molar-refractivity contribution is -0.144. The predicted molar refractivity (Wildman–Crippen MR) is 46.0 cm³/mol. The van der Waals surface area contributed by atoms with Gasteiger partial charge in [-0.15, -0.1) is 0 Å². The van der Waals surface area contributed by atoms with E-state index in [0.29, 0.717) is 0 Å². The van der Waals surface area contributed by atoms with Gasteiger partial charge in [-0.25, -0.2) is 4.79 Å². The fourth-order valence-corrected chi connectivity index (χ4v) is 1.41. The Morgan fingerprint density at radius 3 is 2.29 bits per heavy atom. The highest BCUT2D eigenvalue weighted by molar-refractivity contribution is 7.85. The molecule has 0 rings (SSSR count). The minimum atomic E-state index is -4.34. The highest BCUT2D eigenvalue weighted by Crippen LogP contribution is 1.94. The summed E-state index contributed by atoms with van der Waals surface area (Å²) in [6.45, 7) is 1.11. The summed E-state index contributed by atoms with van der Waals surface area (Å²) in [4.78, 5) is 21.5. The monoisotopic (exact) mass is 225 g/mol. The largest absolute Gasteiger partial charge is 0.467 e. The molecule has 14 heavy (non-hydrogen) atoms. The van der Waals surface area contributed by atoms with Crippen LogP contribution in [0.1, 0.15) is 6.92 Å². The Morgan fingerprint density at radius 2 is 2.00 bits per heavy atom. The zero-order valence-corrected chi connectivity index (χ0v) is 8.50. The van der Waals surface area contributed by atoms with E-state index in [1.54, 1.807) is 0 Å².